The van der Waals surface area contributed by atoms with Gasteiger partial charge < -0.3 is 10.2 Å². The number of hydrogen-bond donors (Lipinski definition) is 2. The second-order valence-electron chi connectivity index (χ2n) is 3.80. The van der Waals surface area contributed by atoms with Gasteiger partial charge in [0, 0.05) is 5.56 Å². The van der Waals surface area contributed by atoms with Gasteiger partial charge >= 0.3 is 0 Å². The van der Waals surface area contributed by atoms with Crippen molar-refractivity contribution in [2.24, 2.45) is 0 Å². The van der Waals surface area contributed by atoms with E-state index in [0.717, 1.165) is 0 Å². The lowest BCUT2D eigenvalue weighted by atomic mass is 9.91. The summed E-state index contributed by atoms with van der Waals surface area (Å²) in [5.74, 6) is -1.63. The molecule has 2 N–H and O–H groups in total. The summed E-state index contributed by atoms with van der Waals surface area (Å²) >= 11 is 0. The minimum atomic E-state index is -0.423. The third-order valence-corrected chi connectivity index (χ3v) is 2.63. The Hall–Kier alpha value is -2.36. The van der Waals surface area contributed by atoms with Crippen LogP contribution in [0, 0.1) is 0 Å². The van der Waals surface area contributed by atoms with E-state index >= 15 is 0 Å². The van der Waals surface area contributed by atoms with Crippen molar-refractivity contribution in [3.05, 3.63) is 35.4 Å². The van der Waals surface area contributed by atoms with Crippen LogP contribution in [0.15, 0.2) is 13.2 Å². The molecule has 0 bridgehead atoms. The Morgan fingerprint density at radius 2 is 1.22 bits per heavy atom. The maximum absolute atomic E-state index is 11.6. The second-order valence-corrected chi connectivity index (χ2v) is 3.80. The maximum atomic E-state index is 11.6. The number of phenols is 2. The normalized spacial score (nSPS) is 9.89. The zero-order valence-electron chi connectivity index (χ0n) is 10.3. The van der Waals surface area contributed by atoms with Gasteiger partial charge in [-0.05, 0) is 13.8 Å². The summed E-state index contributed by atoms with van der Waals surface area (Å²) in [7, 11) is 0. The largest absolute Gasteiger partial charge is 0.506 e. The molecule has 4 nitrogen and oxygen atoms in total. The molecule has 0 amide bonds. The van der Waals surface area contributed by atoms with Gasteiger partial charge in [0.25, 0.3) is 0 Å². The van der Waals surface area contributed by atoms with E-state index in [1.165, 1.54) is 26.0 Å². The molecule has 0 aliphatic rings. The van der Waals surface area contributed by atoms with Crippen LogP contribution in [0.4, 0.5) is 0 Å². The van der Waals surface area contributed by atoms with E-state index in [4.69, 9.17) is 0 Å². The van der Waals surface area contributed by atoms with Gasteiger partial charge in [0.15, 0.2) is 11.6 Å². The predicted octanol–water partition coefficient (Wildman–Crippen LogP) is 2.79. The van der Waals surface area contributed by atoms with Gasteiger partial charge in [0.2, 0.25) is 0 Å². The molecule has 1 aromatic rings. The number of phenolic OH excluding ortho intramolecular Hbond substituents is 2. The highest BCUT2D eigenvalue weighted by Gasteiger charge is 2.25. The first-order valence-electron chi connectivity index (χ1n) is 5.25. The summed E-state index contributed by atoms with van der Waals surface area (Å²) in [5, 5.41) is 19.9. The van der Waals surface area contributed by atoms with Crippen LogP contribution >= 0.6 is 0 Å². The molecule has 1 rings (SSSR count). The average molecular weight is 246 g/mol. The Morgan fingerprint density at radius 1 is 0.889 bits per heavy atom. The summed E-state index contributed by atoms with van der Waals surface area (Å²) in [4.78, 5) is 23.1. The summed E-state index contributed by atoms with van der Waals surface area (Å²) < 4.78 is 0. The molecule has 1 aromatic carbocycles. The fraction of sp³-hybridized carbons (Fsp3) is 0.143. The zero-order valence-corrected chi connectivity index (χ0v) is 10.3. The molecule has 18 heavy (non-hydrogen) atoms. The van der Waals surface area contributed by atoms with Crippen molar-refractivity contribution >= 4 is 23.7 Å². The molecular formula is C14H14O4. The van der Waals surface area contributed by atoms with Crippen molar-refractivity contribution in [2.75, 3.05) is 0 Å². The molecule has 0 aliphatic carbocycles. The molecule has 0 heterocycles. The highest BCUT2D eigenvalue weighted by atomic mass is 16.3. The first kappa shape index (κ1) is 13.7. The van der Waals surface area contributed by atoms with Gasteiger partial charge in [-0.25, -0.2) is 0 Å². The Balaban J connectivity index is 3.99. The van der Waals surface area contributed by atoms with E-state index in [1.54, 1.807) is 0 Å². The highest BCUT2D eigenvalue weighted by Crippen LogP contribution is 2.39. The molecule has 4 heteroatoms. The molecule has 0 atom stereocenters. The number of carbonyl (C=O) groups is 2. The number of ketones is 2. The van der Waals surface area contributed by atoms with E-state index in [2.05, 4.69) is 13.2 Å². The molecule has 0 saturated carbocycles. The summed E-state index contributed by atoms with van der Waals surface area (Å²) in [6.45, 7) is 9.46. The summed E-state index contributed by atoms with van der Waals surface area (Å²) in [5.41, 5.74) is 0.0254. The Bertz CT molecular complexity index is 527. The molecule has 0 spiro atoms. The molecule has 0 aromatic heterocycles. The van der Waals surface area contributed by atoms with Crippen molar-refractivity contribution in [3.63, 3.8) is 0 Å². The molecule has 0 aliphatic heterocycles. The quantitative estimate of drug-likeness (QED) is 0.801. The van der Waals surface area contributed by atoms with E-state index in [-0.39, 0.29) is 22.3 Å². The van der Waals surface area contributed by atoms with Crippen molar-refractivity contribution in [2.45, 2.75) is 13.8 Å². The van der Waals surface area contributed by atoms with Gasteiger partial charge in [0.05, 0.1) is 16.7 Å². The van der Waals surface area contributed by atoms with Crippen molar-refractivity contribution in [1.82, 2.24) is 0 Å². The number of Topliss-reactive ketones (excluding diaryl/α,β-unsaturated/α-hetero) is 2. The Labute approximate surface area is 105 Å². The second kappa shape index (κ2) is 4.87. The minimum absolute atomic E-state index is 0.0315. The van der Waals surface area contributed by atoms with E-state index < -0.39 is 23.1 Å². The van der Waals surface area contributed by atoms with Gasteiger partial charge in [0.1, 0.15) is 11.5 Å². The van der Waals surface area contributed by atoms with Crippen LogP contribution in [0.25, 0.3) is 12.2 Å². The van der Waals surface area contributed by atoms with E-state index in [1.807, 2.05) is 0 Å². The van der Waals surface area contributed by atoms with Crippen LogP contribution in [-0.4, -0.2) is 21.8 Å². The topological polar surface area (TPSA) is 74.6 Å². The molecular weight excluding hydrogens is 232 g/mol. The lowest BCUT2D eigenvalue weighted by Gasteiger charge is -2.15. The highest BCUT2D eigenvalue weighted by molar-refractivity contribution is 6.09. The maximum Gasteiger partial charge on any atom is 0.164 e. The zero-order chi connectivity index (χ0) is 14.0. The van der Waals surface area contributed by atoms with Crippen LogP contribution < -0.4 is 0 Å². The van der Waals surface area contributed by atoms with Crippen LogP contribution in [-0.2, 0) is 0 Å². The number of hydrogen-bond acceptors (Lipinski definition) is 4. The fourth-order valence-corrected chi connectivity index (χ4v) is 1.87. The predicted molar refractivity (Wildman–Crippen MR) is 70.0 cm³/mol. The van der Waals surface area contributed by atoms with Gasteiger partial charge in [-0.3, -0.25) is 9.59 Å². The summed E-state index contributed by atoms with van der Waals surface area (Å²) in [6, 6.07) is 0. The van der Waals surface area contributed by atoms with Crippen LogP contribution in [0.5, 0.6) is 11.5 Å². The molecule has 0 fully saturated rings. The first-order chi connectivity index (χ1) is 8.36. The van der Waals surface area contributed by atoms with E-state index in [9.17, 15) is 19.8 Å². The number of rotatable bonds is 4. The molecule has 0 saturated heterocycles. The first-order valence-corrected chi connectivity index (χ1v) is 5.25. The monoisotopic (exact) mass is 246 g/mol. The lowest BCUT2D eigenvalue weighted by Crippen LogP contribution is -2.06. The SMILES string of the molecule is C=Cc1c(O)c(C(C)=O)c(C=C)c(C(C)=O)c1O. The fourth-order valence-electron chi connectivity index (χ4n) is 1.87. The van der Waals surface area contributed by atoms with Crippen molar-refractivity contribution in [1.29, 1.82) is 0 Å². The molecule has 94 valence electrons. The van der Waals surface area contributed by atoms with Gasteiger partial charge in [-0.2, -0.15) is 0 Å². The smallest absolute Gasteiger partial charge is 0.164 e. The van der Waals surface area contributed by atoms with Crippen LogP contribution in [0.2, 0.25) is 0 Å². The van der Waals surface area contributed by atoms with Gasteiger partial charge in [-0.15, -0.1) is 0 Å². The number of carbonyl (C=O) groups excluding carboxylic acids is 2. The number of aromatic hydroxyl groups is 2. The van der Waals surface area contributed by atoms with Crippen LogP contribution in [0.1, 0.15) is 45.7 Å². The standard InChI is InChI=1S/C14H14O4/c1-5-9-11(7(3)15)13(17)10(6-2)14(18)12(9)8(4)16/h5-6,17-18H,1-2H2,3-4H3. The summed E-state index contributed by atoms with van der Waals surface area (Å²) in [6.07, 6.45) is 2.45. The minimum Gasteiger partial charge on any atom is -0.506 e. The lowest BCUT2D eigenvalue weighted by molar-refractivity contribution is 0.101. The molecule has 0 unspecified atom stereocenters. The third kappa shape index (κ3) is 1.93. The Kier molecular flexibility index (Phi) is 3.71. The van der Waals surface area contributed by atoms with Crippen molar-refractivity contribution in [3.8, 4) is 11.5 Å². The third-order valence-electron chi connectivity index (χ3n) is 2.63. The van der Waals surface area contributed by atoms with E-state index in [0.29, 0.717) is 0 Å². The Morgan fingerprint density at radius 3 is 1.44 bits per heavy atom. The van der Waals surface area contributed by atoms with Crippen LogP contribution in [0.3, 0.4) is 0 Å². The van der Waals surface area contributed by atoms with Gasteiger partial charge in [-0.1, -0.05) is 25.3 Å². The molecule has 0 radical (unpaired) electrons. The van der Waals surface area contributed by atoms with Crippen molar-refractivity contribution < 1.29 is 19.8 Å². The average Bonchev–Trinajstić information content (AvgIpc) is 2.27. The number of benzene rings is 1.